The Morgan fingerprint density at radius 1 is 1.06 bits per heavy atom. The lowest BCUT2D eigenvalue weighted by Gasteiger charge is -2.33. The largest absolute Gasteiger partial charge is 0.352 e. The molecule has 34 heavy (non-hydrogen) atoms. The summed E-state index contributed by atoms with van der Waals surface area (Å²) in [6.45, 7) is 7.14. The molecular formula is C25H34FN3O4S. The number of hydrogen-bond acceptors (Lipinski definition) is 4. The van der Waals surface area contributed by atoms with E-state index in [0.29, 0.717) is 6.42 Å². The Morgan fingerprint density at radius 3 is 2.29 bits per heavy atom. The number of aryl methyl sites for hydroxylation is 1. The highest BCUT2D eigenvalue weighted by Gasteiger charge is 2.32. The van der Waals surface area contributed by atoms with Gasteiger partial charge < -0.3 is 10.2 Å². The number of nitrogens with zero attached hydrogens (tertiary/aromatic N) is 2. The van der Waals surface area contributed by atoms with Crippen LogP contribution in [0.25, 0.3) is 0 Å². The lowest BCUT2D eigenvalue weighted by molar-refractivity contribution is -0.140. The van der Waals surface area contributed by atoms with Gasteiger partial charge in [0.1, 0.15) is 18.4 Å². The molecule has 186 valence electrons. The van der Waals surface area contributed by atoms with Gasteiger partial charge in [0.25, 0.3) is 0 Å². The van der Waals surface area contributed by atoms with Crippen LogP contribution in [0.1, 0.15) is 44.7 Å². The minimum Gasteiger partial charge on any atom is -0.352 e. The van der Waals surface area contributed by atoms with Gasteiger partial charge in [0.2, 0.25) is 21.8 Å². The van der Waals surface area contributed by atoms with Crippen LogP contribution >= 0.6 is 0 Å². The molecule has 2 amide bonds. The molecule has 0 saturated heterocycles. The van der Waals surface area contributed by atoms with Gasteiger partial charge in [-0.2, -0.15) is 0 Å². The van der Waals surface area contributed by atoms with Gasteiger partial charge in [-0.3, -0.25) is 13.9 Å². The summed E-state index contributed by atoms with van der Waals surface area (Å²) in [4.78, 5) is 28.0. The van der Waals surface area contributed by atoms with Crippen LogP contribution < -0.4 is 9.62 Å². The maximum absolute atomic E-state index is 13.8. The van der Waals surface area contributed by atoms with Crippen molar-refractivity contribution >= 4 is 27.5 Å². The lowest BCUT2D eigenvalue weighted by atomic mass is 10.1. The number of nitrogens with one attached hydrogen (secondary N) is 1. The van der Waals surface area contributed by atoms with E-state index < -0.39 is 34.3 Å². The Balaban J connectivity index is 2.44. The van der Waals surface area contributed by atoms with E-state index >= 15 is 0 Å². The highest BCUT2D eigenvalue weighted by molar-refractivity contribution is 7.92. The number of halogens is 1. The van der Waals surface area contributed by atoms with E-state index in [9.17, 15) is 22.4 Å². The third-order valence-electron chi connectivity index (χ3n) is 5.60. The molecule has 0 aliphatic heterocycles. The second-order valence-electron chi connectivity index (χ2n) is 8.50. The van der Waals surface area contributed by atoms with Crippen molar-refractivity contribution in [2.75, 3.05) is 17.1 Å². The van der Waals surface area contributed by atoms with E-state index in [-0.39, 0.29) is 24.2 Å². The van der Waals surface area contributed by atoms with Crippen LogP contribution in [0, 0.1) is 12.7 Å². The molecule has 1 N–H and O–H groups in total. The fourth-order valence-corrected chi connectivity index (χ4v) is 4.45. The first-order valence-electron chi connectivity index (χ1n) is 11.3. The molecule has 0 aliphatic carbocycles. The molecule has 2 aromatic carbocycles. The first-order valence-corrected chi connectivity index (χ1v) is 13.2. The van der Waals surface area contributed by atoms with E-state index in [1.54, 1.807) is 6.92 Å². The van der Waals surface area contributed by atoms with Crippen LogP contribution in [0.4, 0.5) is 10.1 Å². The van der Waals surface area contributed by atoms with Crippen molar-refractivity contribution in [3.05, 3.63) is 65.5 Å². The van der Waals surface area contributed by atoms with Gasteiger partial charge in [-0.1, -0.05) is 49.7 Å². The zero-order chi connectivity index (χ0) is 25.5. The Labute approximate surface area is 202 Å². The molecule has 0 aromatic heterocycles. The summed E-state index contributed by atoms with van der Waals surface area (Å²) in [7, 11) is -3.90. The molecule has 0 radical (unpaired) electrons. The quantitative estimate of drug-likeness (QED) is 0.520. The van der Waals surface area contributed by atoms with Crippen molar-refractivity contribution in [3.63, 3.8) is 0 Å². The molecule has 0 fully saturated rings. The zero-order valence-electron chi connectivity index (χ0n) is 20.4. The number of hydrogen-bond donors (Lipinski definition) is 1. The number of carbonyl (C=O) groups is 2. The third kappa shape index (κ3) is 7.55. The molecule has 2 atom stereocenters. The lowest BCUT2D eigenvalue weighted by Crippen LogP contribution is -2.53. The minimum absolute atomic E-state index is 0.0449. The van der Waals surface area contributed by atoms with Crippen molar-refractivity contribution in [3.8, 4) is 0 Å². The van der Waals surface area contributed by atoms with Crippen LogP contribution in [-0.4, -0.2) is 50.0 Å². The predicted octanol–water partition coefficient (Wildman–Crippen LogP) is 3.62. The summed E-state index contributed by atoms with van der Waals surface area (Å²) in [6.07, 6.45) is 2.04. The Bertz CT molecular complexity index is 1110. The summed E-state index contributed by atoms with van der Waals surface area (Å²) in [5.74, 6) is -1.47. The second-order valence-corrected chi connectivity index (χ2v) is 10.4. The van der Waals surface area contributed by atoms with E-state index in [4.69, 9.17) is 0 Å². The van der Waals surface area contributed by atoms with Gasteiger partial charge in [0.15, 0.2) is 0 Å². The Kier molecular flexibility index (Phi) is 9.61. The van der Waals surface area contributed by atoms with Gasteiger partial charge in [0.05, 0.1) is 11.9 Å². The Morgan fingerprint density at radius 2 is 1.74 bits per heavy atom. The molecule has 0 heterocycles. The number of anilines is 1. The van der Waals surface area contributed by atoms with E-state index in [1.165, 1.54) is 23.1 Å². The van der Waals surface area contributed by atoms with E-state index in [2.05, 4.69) is 5.32 Å². The third-order valence-corrected chi connectivity index (χ3v) is 6.74. The number of carbonyl (C=O) groups excluding carboxylic acids is 2. The van der Waals surface area contributed by atoms with Crippen molar-refractivity contribution in [2.45, 2.75) is 59.2 Å². The standard InChI is InChI=1S/C25H34FN3O4S/c1-6-19(4)27-25(31)23(7-2)28(16-20-11-8-10-18(3)14-20)24(30)17-29(34(5,32)33)22-13-9-12-21(26)15-22/h8-15,19,23H,6-7,16-17H2,1-5H3,(H,27,31)/t19-,23+/m0/s1. The van der Waals surface area contributed by atoms with Crippen LogP contribution in [0.15, 0.2) is 48.5 Å². The number of sulfonamides is 1. The summed E-state index contributed by atoms with van der Waals surface area (Å²) in [5.41, 5.74) is 1.86. The molecule has 0 bridgehead atoms. The van der Waals surface area contributed by atoms with Gasteiger partial charge in [-0.05, 0) is 50.5 Å². The van der Waals surface area contributed by atoms with Gasteiger partial charge in [-0.15, -0.1) is 0 Å². The summed E-state index contributed by atoms with van der Waals surface area (Å²) >= 11 is 0. The summed E-state index contributed by atoms with van der Waals surface area (Å²) in [5, 5.41) is 2.92. The van der Waals surface area contributed by atoms with Crippen LogP contribution in [0.5, 0.6) is 0 Å². The molecule has 0 spiro atoms. The smallest absolute Gasteiger partial charge is 0.244 e. The predicted molar refractivity (Wildman–Crippen MR) is 132 cm³/mol. The molecule has 2 aromatic rings. The van der Waals surface area contributed by atoms with Crippen LogP contribution in [0.2, 0.25) is 0 Å². The minimum atomic E-state index is -3.90. The average molecular weight is 492 g/mol. The first-order chi connectivity index (χ1) is 16.0. The van der Waals surface area contributed by atoms with Crippen molar-refractivity contribution in [2.24, 2.45) is 0 Å². The average Bonchev–Trinajstić information content (AvgIpc) is 2.76. The fraction of sp³-hybridized carbons (Fsp3) is 0.440. The summed E-state index contributed by atoms with van der Waals surface area (Å²) < 4.78 is 39.7. The highest BCUT2D eigenvalue weighted by atomic mass is 32.2. The normalized spacial score (nSPS) is 13.1. The van der Waals surface area contributed by atoms with Crippen molar-refractivity contribution < 1.29 is 22.4 Å². The summed E-state index contributed by atoms with van der Waals surface area (Å²) in [6, 6.07) is 11.8. The number of rotatable bonds is 11. The van der Waals surface area contributed by atoms with Gasteiger partial charge >= 0.3 is 0 Å². The molecule has 9 heteroatoms. The van der Waals surface area contributed by atoms with Gasteiger partial charge in [-0.25, -0.2) is 12.8 Å². The number of amides is 2. The highest BCUT2D eigenvalue weighted by Crippen LogP contribution is 2.21. The van der Waals surface area contributed by atoms with Gasteiger partial charge in [0, 0.05) is 12.6 Å². The molecule has 0 aliphatic rings. The molecule has 0 unspecified atom stereocenters. The topological polar surface area (TPSA) is 86.8 Å². The SMILES string of the molecule is CC[C@H](C(=O)N[C@@H](C)CC)N(Cc1cccc(C)c1)C(=O)CN(c1cccc(F)c1)S(C)(=O)=O. The molecule has 2 rings (SSSR count). The van der Waals surface area contributed by atoms with Crippen molar-refractivity contribution in [1.82, 2.24) is 10.2 Å². The van der Waals surface area contributed by atoms with Crippen molar-refractivity contribution in [1.29, 1.82) is 0 Å². The zero-order valence-corrected chi connectivity index (χ0v) is 21.2. The fourth-order valence-electron chi connectivity index (χ4n) is 3.61. The molecule has 0 saturated carbocycles. The Hall–Kier alpha value is -2.94. The molecular weight excluding hydrogens is 457 g/mol. The number of benzene rings is 2. The first kappa shape index (κ1) is 27.3. The molecule has 7 nitrogen and oxygen atoms in total. The van der Waals surface area contributed by atoms with Crippen LogP contribution in [-0.2, 0) is 26.2 Å². The van der Waals surface area contributed by atoms with E-state index in [0.717, 1.165) is 34.2 Å². The maximum Gasteiger partial charge on any atom is 0.244 e. The second kappa shape index (κ2) is 12.0. The monoisotopic (exact) mass is 491 g/mol. The van der Waals surface area contributed by atoms with Crippen LogP contribution in [0.3, 0.4) is 0 Å². The van der Waals surface area contributed by atoms with E-state index in [1.807, 2.05) is 45.0 Å². The maximum atomic E-state index is 13.8.